The molecule has 10 heteroatoms. The highest BCUT2D eigenvalue weighted by molar-refractivity contribution is 7.92. The lowest BCUT2D eigenvalue weighted by molar-refractivity contribution is -0.137. The van der Waals surface area contributed by atoms with Crippen molar-refractivity contribution in [2.24, 2.45) is 0 Å². The summed E-state index contributed by atoms with van der Waals surface area (Å²) in [5.41, 5.74) is -0.956. The molecule has 3 rings (SSSR count). The highest BCUT2D eigenvalue weighted by Gasteiger charge is 2.40. The number of hydrogen-bond donors (Lipinski definition) is 1. The summed E-state index contributed by atoms with van der Waals surface area (Å²) in [6.07, 6.45) is -1.89. The van der Waals surface area contributed by atoms with Gasteiger partial charge in [0.15, 0.2) is 0 Å². The Hall–Kier alpha value is -2.75. The molecule has 0 bridgehead atoms. The zero-order valence-corrected chi connectivity index (χ0v) is 20.3. The monoisotopic (exact) mass is 498 g/mol. The van der Waals surface area contributed by atoms with E-state index in [2.05, 4.69) is 5.32 Å². The van der Waals surface area contributed by atoms with Crippen LogP contribution in [0.5, 0.6) is 5.75 Å². The van der Waals surface area contributed by atoms with Gasteiger partial charge in [-0.25, -0.2) is 8.42 Å². The van der Waals surface area contributed by atoms with E-state index in [9.17, 15) is 26.4 Å². The largest absolute Gasteiger partial charge is 0.487 e. The van der Waals surface area contributed by atoms with E-state index in [4.69, 9.17) is 4.74 Å². The van der Waals surface area contributed by atoms with Crippen LogP contribution in [0.1, 0.15) is 57.2 Å². The Bertz CT molecular complexity index is 1150. The SMILES string of the molecule is CCC1(CC)C[C@H](NC(=O)[C@H](C)N(c2cccc(C(F)(F)F)c2)S(C)(=O)=O)c2ccccc2O1. The molecule has 0 spiro atoms. The van der Waals surface area contributed by atoms with Crippen LogP contribution < -0.4 is 14.4 Å². The van der Waals surface area contributed by atoms with E-state index in [1.165, 1.54) is 13.0 Å². The zero-order chi connectivity index (χ0) is 25.3. The van der Waals surface area contributed by atoms with Crippen LogP contribution >= 0.6 is 0 Å². The smallest absolute Gasteiger partial charge is 0.416 e. The van der Waals surface area contributed by atoms with Crippen molar-refractivity contribution in [3.8, 4) is 5.75 Å². The lowest BCUT2D eigenvalue weighted by atomic mass is 9.83. The van der Waals surface area contributed by atoms with Crippen LogP contribution in [0, 0.1) is 0 Å². The maximum absolute atomic E-state index is 13.3. The molecule has 34 heavy (non-hydrogen) atoms. The molecular weight excluding hydrogens is 469 g/mol. The van der Waals surface area contributed by atoms with Gasteiger partial charge in [0, 0.05) is 12.0 Å². The minimum Gasteiger partial charge on any atom is -0.487 e. The van der Waals surface area contributed by atoms with Gasteiger partial charge in [-0.05, 0) is 44.0 Å². The number of sulfonamides is 1. The molecule has 0 radical (unpaired) electrons. The molecule has 1 N–H and O–H groups in total. The number of carbonyl (C=O) groups is 1. The van der Waals surface area contributed by atoms with Crippen LogP contribution in [-0.2, 0) is 21.0 Å². The van der Waals surface area contributed by atoms with Gasteiger partial charge in [0.05, 0.1) is 23.5 Å². The molecule has 1 aliphatic heterocycles. The normalized spacial score (nSPS) is 18.4. The Morgan fingerprint density at radius 2 is 1.82 bits per heavy atom. The summed E-state index contributed by atoms with van der Waals surface area (Å²) in [6, 6.07) is 9.52. The maximum atomic E-state index is 13.3. The van der Waals surface area contributed by atoms with Crippen LogP contribution in [0.15, 0.2) is 48.5 Å². The molecule has 0 saturated heterocycles. The first-order valence-electron chi connectivity index (χ1n) is 11.1. The lowest BCUT2D eigenvalue weighted by Crippen LogP contribution is -2.51. The Kier molecular flexibility index (Phi) is 7.21. The summed E-state index contributed by atoms with van der Waals surface area (Å²) in [4.78, 5) is 13.3. The third-order valence-corrected chi connectivity index (χ3v) is 7.56. The van der Waals surface area contributed by atoms with Gasteiger partial charge in [0.2, 0.25) is 15.9 Å². The Labute approximate surface area is 198 Å². The third kappa shape index (κ3) is 5.32. The van der Waals surface area contributed by atoms with Gasteiger partial charge in [-0.15, -0.1) is 0 Å². The second kappa shape index (κ2) is 9.48. The minimum atomic E-state index is -4.65. The first-order valence-corrected chi connectivity index (χ1v) is 12.9. The molecule has 2 aromatic carbocycles. The number of amides is 1. The molecule has 2 aromatic rings. The second-order valence-electron chi connectivity index (χ2n) is 8.58. The molecule has 0 unspecified atom stereocenters. The molecule has 0 saturated carbocycles. The third-order valence-electron chi connectivity index (χ3n) is 6.32. The number of anilines is 1. The Morgan fingerprint density at radius 3 is 2.41 bits per heavy atom. The van der Waals surface area contributed by atoms with Crippen molar-refractivity contribution in [3.63, 3.8) is 0 Å². The van der Waals surface area contributed by atoms with Crippen molar-refractivity contribution >= 4 is 21.6 Å². The van der Waals surface area contributed by atoms with E-state index in [0.29, 0.717) is 25.0 Å². The highest BCUT2D eigenvalue weighted by atomic mass is 32.2. The number of nitrogens with one attached hydrogen (secondary N) is 1. The standard InChI is InChI=1S/C24H29F3N2O4S/c1-5-23(6-2)15-20(19-12-7-8-13-21(19)33-23)28-22(30)16(3)29(34(4,31)32)18-11-9-10-17(14-18)24(25,26)27/h7-14,16,20H,5-6,15H2,1-4H3,(H,28,30)/t16-,20-/m0/s1. The molecular formula is C24H29F3N2O4S. The fourth-order valence-electron chi connectivity index (χ4n) is 4.35. The molecule has 1 aliphatic rings. The second-order valence-corrected chi connectivity index (χ2v) is 10.4. The van der Waals surface area contributed by atoms with Gasteiger partial charge in [0.1, 0.15) is 17.4 Å². The van der Waals surface area contributed by atoms with Crippen molar-refractivity contribution in [2.75, 3.05) is 10.6 Å². The average Bonchev–Trinajstić information content (AvgIpc) is 2.77. The van der Waals surface area contributed by atoms with Gasteiger partial charge in [0.25, 0.3) is 0 Å². The Morgan fingerprint density at radius 1 is 1.18 bits per heavy atom. The van der Waals surface area contributed by atoms with E-state index in [1.807, 2.05) is 38.1 Å². The minimum absolute atomic E-state index is 0.233. The number of rotatable bonds is 7. The summed E-state index contributed by atoms with van der Waals surface area (Å²) in [7, 11) is -4.08. The lowest BCUT2D eigenvalue weighted by Gasteiger charge is -2.42. The van der Waals surface area contributed by atoms with Crippen molar-refractivity contribution in [1.29, 1.82) is 0 Å². The van der Waals surface area contributed by atoms with E-state index < -0.39 is 45.4 Å². The van der Waals surface area contributed by atoms with Gasteiger partial charge in [-0.1, -0.05) is 38.1 Å². The molecule has 0 aromatic heterocycles. The fraction of sp³-hybridized carbons (Fsp3) is 0.458. The molecule has 186 valence electrons. The van der Waals surface area contributed by atoms with Gasteiger partial charge in [-0.2, -0.15) is 13.2 Å². The number of nitrogens with zero attached hydrogens (tertiary/aromatic N) is 1. The molecule has 6 nitrogen and oxygen atoms in total. The highest BCUT2D eigenvalue weighted by Crippen LogP contribution is 2.42. The van der Waals surface area contributed by atoms with E-state index in [0.717, 1.165) is 34.3 Å². The quantitative estimate of drug-likeness (QED) is 0.579. The zero-order valence-electron chi connectivity index (χ0n) is 19.5. The van der Waals surface area contributed by atoms with Crippen LogP contribution in [0.2, 0.25) is 0 Å². The topological polar surface area (TPSA) is 75.7 Å². The van der Waals surface area contributed by atoms with Crippen molar-refractivity contribution < 1.29 is 31.1 Å². The number of halogens is 3. The van der Waals surface area contributed by atoms with Crippen LogP contribution in [0.4, 0.5) is 18.9 Å². The number of alkyl halides is 3. The number of ether oxygens (including phenoxy) is 1. The first-order chi connectivity index (χ1) is 15.8. The predicted molar refractivity (Wildman–Crippen MR) is 124 cm³/mol. The van der Waals surface area contributed by atoms with Crippen LogP contribution in [-0.4, -0.2) is 32.2 Å². The predicted octanol–water partition coefficient (Wildman–Crippen LogP) is 5.06. The number of para-hydroxylation sites is 1. The molecule has 1 heterocycles. The van der Waals surface area contributed by atoms with Gasteiger partial charge >= 0.3 is 6.18 Å². The maximum Gasteiger partial charge on any atom is 0.416 e. The summed E-state index contributed by atoms with van der Waals surface area (Å²) in [5.74, 6) is 0.0268. The van der Waals surface area contributed by atoms with Crippen molar-refractivity contribution in [2.45, 2.75) is 63.9 Å². The fourth-order valence-corrected chi connectivity index (χ4v) is 5.52. The van der Waals surface area contributed by atoms with Crippen molar-refractivity contribution in [1.82, 2.24) is 5.32 Å². The van der Waals surface area contributed by atoms with E-state index >= 15 is 0 Å². The van der Waals surface area contributed by atoms with Crippen LogP contribution in [0.25, 0.3) is 0 Å². The van der Waals surface area contributed by atoms with Crippen LogP contribution in [0.3, 0.4) is 0 Å². The van der Waals surface area contributed by atoms with Crippen molar-refractivity contribution in [3.05, 3.63) is 59.7 Å². The number of benzene rings is 2. The van der Waals surface area contributed by atoms with Gasteiger partial charge < -0.3 is 10.1 Å². The Balaban J connectivity index is 1.94. The average molecular weight is 499 g/mol. The molecule has 0 fully saturated rings. The number of hydrogen-bond acceptors (Lipinski definition) is 4. The van der Waals surface area contributed by atoms with Gasteiger partial charge in [-0.3, -0.25) is 9.10 Å². The number of fused-ring (bicyclic) bond motifs is 1. The number of carbonyl (C=O) groups excluding carboxylic acids is 1. The summed E-state index contributed by atoms with van der Waals surface area (Å²) in [5, 5.41) is 2.92. The molecule has 0 aliphatic carbocycles. The summed E-state index contributed by atoms with van der Waals surface area (Å²) < 4.78 is 71.8. The summed E-state index contributed by atoms with van der Waals surface area (Å²) >= 11 is 0. The molecule has 2 atom stereocenters. The first kappa shape index (κ1) is 25.9. The summed E-state index contributed by atoms with van der Waals surface area (Å²) in [6.45, 7) is 5.35. The van der Waals surface area contributed by atoms with E-state index in [1.54, 1.807) is 0 Å². The molecule has 1 amide bonds. The van der Waals surface area contributed by atoms with E-state index in [-0.39, 0.29) is 5.69 Å².